The van der Waals surface area contributed by atoms with Crippen LogP contribution in [0, 0.1) is 5.82 Å². The summed E-state index contributed by atoms with van der Waals surface area (Å²) in [7, 11) is 0. The van der Waals surface area contributed by atoms with Crippen molar-refractivity contribution in [2.45, 2.75) is 11.6 Å². The Morgan fingerprint density at radius 1 is 1.06 bits per heavy atom. The molecule has 6 nitrogen and oxygen atoms in total. The lowest BCUT2D eigenvalue weighted by Gasteiger charge is -2.36. The predicted octanol–water partition coefficient (Wildman–Crippen LogP) is 4.32. The standard InChI is InChI=1S/C23H23ClFN5OS/c24-18-7-5-17(6-8-18)14-26-21-13-22(28-16-27-21)32-15-23(31)30-11-9-29(10-12-30)20-4-2-1-3-19(20)25/h1-8,13,16H,9-12,14-15H2,(H,26,27,28). The molecule has 0 bridgehead atoms. The fraction of sp³-hybridized carbons (Fsp3) is 0.261. The molecule has 1 saturated heterocycles. The third-order valence-corrected chi connectivity index (χ3v) is 6.36. The number of amides is 1. The summed E-state index contributed by atoms with van der Waals surface area (Å²) >= 11 is 7.30. The van der Waals surface area contributed by atoms with E-state index in [1.807, 2.05) is 46.2 Å². The van der Waals surface area contributed by atoms with E-state index >= 15 is 0 Å². The Bertz CT molecular complexity index is 1060. The lowest BCUT2D eigenvalue weighted by atomic mass is 10.2. The van der Waals surface area contributed by atoms with E-state index in [1.54, 1.807) is 12.1 Å². The van der Waals surface area contributed by atoms with Gasteiger partial charge >= 0.3 is 0 Å². The number of rotatable bonds is 7. The van der Waals surface area contributed by atoms with E-state index in [0.717, 1.165) is 10.6 Å². The molecule has 1 aromatic heterocycles. The number of hydrogen-bond acceptors (Lipinski definition) is 6. The number of carbonyl (C=O) groups excluding carboxylic acids is 1. The Morgan fingerprint density at radius 2 is 1.81 bits per heavy atom. The highest BCUT2D eigenvalue weighted by atomic mass is 35.5. The zero-order valence-electron chi connectivity index (χ0n) is 17.4. The molecule has 3 aromatic rings. The van der Waals surface area contributed by atoms with Gasteiger partial charge in [-0.15, -0.1) is 0 Å². The Labute approximate surface area is 195 Å². The second-order valence-corrected chi connectivity index (χ2v) is 8.76. The smallest absolute Gasteiger partial charge is 0.233 e. The number of hydrogen-bond donors (Lipinski definition) is 1. The lowest BCUT2D eigenvalue weighted by Crippen LogP contribution is -2.49. The van der Waals surface area contributed by atoms with Crippen LogP contribution in [0.3, 0.4) is 0 Å². The average Bonchev–Trinajstić information content (AvgIpc) is 2.83. The topological polar surface area (TPSA) is 61.4 Å². The first-order valence-corrected chi connectivity index (χ1v) is 11.7. The van der Waals surface area contributed by atoms with E-state index in [0.29, 0.717) is 55.0 Å². The Hall–Kier alpha value is -2.84. The second-order valence-electron chi connectivity index (χ2n) is 7.33. The van der Waals surface area contributed by atoms with Crippen LogP contribution in [0.5, 0.6) is 0 Å². The van der Waals surface area contributed by atoms with Crippen LogP contribution in [0.2, 0.25) is 5.02 Å². The third-order valence-electron chi connectivity index (χ3n) is 5.20. The van der Waals surface area contributed by atoms with Crippen LogP contribution in [0.15, 0.2) is 66.0 Å². The molecule has 4 rings (SSSR count). The number of halogens is 2. The first-order chi connectivity index (χ1) is 15.6. The molecule has 0 atom stereocenters. The van der Waals surface area contributed by atoms with Crippen LogP contribution in [0.4, 0.5) is 15.9 Å². The lowest BCUT2D eigenvalue weighted by molar-refractivity contribution is -0.128. The van der Waals surface area contributed by atoms with Gasteiger partial charge in [0, 0.05) is 43.8 Å². The van der Waals surface area contributed by atoms with Crippen molar-refractivity contribution in [1.29, 1.82) is 0 Å². The van der Waals surface area contributed by atoms with Gasteiger partial charge in [0.1, 0.15) is 23.0 Å². The van der Waals surface area contributed by atoms with Gasteiger partial charge in [-0.3, -0.25) is 4.79 Å². The molecule has 166 valence electrons. The van der Waals surface area contributed by atoms with E-state index in [9.17, 15) is 9.18 Å². The van der Waals surface area contributed by atoms with Crippen molar-refractivity contribution >= 4 is 40.8 Å². The van der Waals surface area contributed by atoms with Crippen molar-refractivity contribution in [2.75, 3.05) is 42.1 Å². The highest BCUT2D eigenvalue weighted by Crippen LogP contribution is 2.22. The number of thioether (sulfide) groups is 1. The molecule has 2 aromatic carbocycles. The summed E-state index contributed by atoms with van der Waals surface area (Å²) in [6, 6.07) is 16.2. The Morgan fingerprint density at radius 3 is 2.56 bits per heavy atom. The van der Waals surface area contributed by atoms with Crippen molar-refractivity contribution in [3.8, 4) is 0 Å². The minimum absolute atomic E-state index is 0.0532. The second kappa shape index (κ2) is 10.7. The molecule has 0 saturated carbocycles. The van der Waals surface area contributed by atoms with Crippen LogP contribution in [0.1, 0.15) is 5.56 Å². The maximum absolute atomic E-state index is 14.0. The molecule has 0 aliphatic carbocycles. The van der Waals surface area contributed by atoms with Gasteiger partial charge in [-0.2, -0.15) is 0 Å². The summed E-state index contributed by atoms with van der Waals surface area (Å²) < 4.78 is 14.0. The van der Waals surface area contributed by atoms with Gasteiger partial charge in [0.25, 0.3) is 0 Å². The third kappa shape index (κ3) is 5.89. The van der Waals surface area contributed by atoms with E-state index in [1.165, 1.54) is 24.2 Å². The predicted molar refractivity (Wildman–Crippen MR) is 127 cm³/mol. The van der Waals surface area contributed by atoms with Gasteiger partial charge in [-0.1, -0.05) is 47.6 Å². The Kier molecular flexibility index (Phi) is 7.44. The SMILES string of the molecule is O=C(CSc1cc(NCc2ccc(Cl)cc2)ncn1)N1CCN(c2ccccc2F)CC1. The molecule has 1 amide bonds. The van der Waals surface area contributed by atoms with Crippen LogP contribution in [-0.2, 0) is 11.3 Å². The molecule has 32 heavy (non-hydrogen) atoms. The normalized spacial score (nSPS) is 13.8. The summed E-state index contributed by atoms with van der Waals surface area (Å²) in [6.45, 7) is 2.99. The molecule has 0 radical (unpaired) electrons. The van der Waals surface area contributed by atoms with Crippen LogP contribution in [0.25, 0.3) is 0 Å². The van der Waals surface area contributed by atoms with Gasteiger partial charge in [-0.05, 0) is 29.8 Å². The zero-order valence-corrected chi connectivity index (χ0v) is 18.9. The van der Waals surface area contributed by atoms with E-state index in [4.69, 9.17) is 11.6 Å². The minimum Gasteiger partial charge on any atom is -0.366 e. The van der Waals surface area contributed by atoms with Gasteiger partial charge in [-0.25, -0.2) is 14.4 Å². The van der Waals surface area contributed by atoms with Crippen LogP contribution >= 0.6 is 23.4 Å². The molecule has 9 heteroatoms. The molecule has 0 unspecified atom stereocenters. The maximum atomic E-state index is 14.0. The first-order valence-electron chi connectivity index (χ1n) is 10.3. The average molecular weight is 472 g/mol. The highest BCUT2D eigenvalue weighted by molar-refractivity contribution is 7.99. The first kappa shape index (κ1) is 22.4. The summed E-state index contributed by atoms with van der Waals surface area (Å²) in [5.74, 6) is 0.820. The molecular formula is C23H23ClFN5OS. The molecule has 1 N–H and O–H groups in total. The van der Waals surface area contributed by atoms with Crippen molar-refractivity contribution in [3.63, 3.8) is 0 Å². The van der Waals surface area contributed by atoms with Crippen molar-refractivity contribution in [2.24, 2.45) is 0 Å². The summed E-state index contributed by atoms with van der Waals surface area (Å²) in [5, 5.41) is 4.69. The fourth-order valence-electron chi connectivity index (χ4n) is 3.44. The van der Waals surface area contributed by atoms with E-state index < -0.39 is 0 Å². The Balaban J connectivity index is 1.25. The van der Waals surface area contributed by atoms with Gasteiger partial charge in [0.15, 0.2) is 0 Å². The summed E-state index contributed by atoms with van der Waals surface area (Å²) in [5.41, 5.74) is 1.68. The van der Waals surface area contributed by atoms with Gasteiger partial charge in [0.2, 0.25) is 5.91 Å². The highest BCUT2D eigenvalue weighted by Gasteiger charge is 2.22. The molecule has 2 heterocycles. The van der Waals surface area contributed by atoms with E-state index in [2.05, 4.69) is 15.3 Å². The number of benzene rings is 2. The molecule has 1 aliphatic heterocycles. The van der Waals surface area contributed by atoms with Gasteiger partial charge in [0.05, 0.1) is 11.4 Å². The van der Waals surface area contributed by atoms with Crippen LogP contribution in [-0.4, -0.2) is 52.7 Å². The van der Waals surface area contributed by atoms with Gasteiger partial charge < -0.3 is 15.1 Å². The quantitative estimate of drug-likeness (QED) is 0.409. The van der Waals surface area contributed by atoms with Crippen molar-refractivity contribution in [1.82, 2.24) is 14.9 Å². The summed E-state index contributed by atoms with van der Waals surface area (Å²) in [4.78, 5) is 25.0. The number of para-hydroxylation sites is 1. The maximum Gasteiger partial charge on any atom is 0.233 e. The molecule has 1 fully saturated rings. The zero-order chi connectivity index (χ0) is 22.3. The number of aromatic nitrogens is 2. The largest absolute Gasteiger partial charge is 0.366 e. The summed E-state index contributed by atoms with van der Waals surface area (Å²) in [6.07, 6.45) is 1.49. The number of carbonyl (C=O) groups is 1. The van der Waals surface area contributed by atoms with E-state index in [-0.39, 0.29) is 11.7 Å². The molecule has 0 spiro atoms. The number of anilines is 2. The van der Waals surface area contributed by atoms with Crippen molar-refractivity contribution in [3.05, 3.63) is 77.3 Å². The van der Waals surface area contributed by atoms with Crippen LogP contribution < -0.4 is 10.2 Å². The fourth-order valence-corrected chi connectivity index (χ4v) is 4.34. The number of nitrogens with zero attached hydrogens (tertiary/aromatic N) is 4. The molecular weight excluding hydrogens is 449 g/mol. The molecule has 1 aliphatic rings. The monoisotopic (exact) mass is 471 g/mol. The van der Waals surface area contributed by atoms with Crippen molar-refractivity contribution < 1.29 is 9.18 Å². The minimum atomic E-state index is -0.230. The number of piperazine rings is 1. The number of nitrogens with one attached hydrogen (secondary N) is 1.